The maximum Gasteiger partial charge on any atom is 0.221 e. The molecule has 1 aromatic rings. The van der Waals surface area contributed by atoms with Gasteiger partial charge in [-0.05, 0) is 18.1 Å². The number of nitrogens with zero attached hydrogens (tertiary/aromatic N) is 2. The molecule has 0 saturated carbocycles. The number of rotatable bonds is 4. The molecule has 0 bridgehead atoms. The predicted molar refractivity (Wildman–Crippen MR) is 82.9 cm³/mol. The predicted octanol–water partition coefficient (Wildman–Crippen LogP) is 2.18. The number of hydrogen-bond acceptors (Lipinski definition) is 1. The van der Waals surface area contributed by atoms with Crippen molar-refractivity contribution in [2.24, 2.45) is 16.5 Å². The number of halogens is 2. The van der Waals surface area contributed by atoms with E-state index in [1.807, 2.05) is 31.2 Å². The van der Waals surface area contributed by atoms with Crippen LogP contribution in [0, 0.1) is 5.41 Å². The lowest BCUT2D eigenvalue weighted by Crippen LogP contribution is -2.33. The first-order valence-electron chi connectivity index (χ1n) is 5.71. The topological polar surface area (TPSA) is 91.5 Å². The van der Waals surface area contributed by atoms with Gasteiger partial charge in [0, 0.05) is 18.1 Å². The molecule has 5 N–H and O–H groups in total. The Labute approximate surface area is 124 Å². The van der Waals surface area contributed by atoms with Crippen molar-refractivity contribution in [3.05, 3.63) is 34.9 Å². The lowest BCUT2D eigenvalue weighted by molar-refractivity contribution is 0.405. The lowest BCUT2D eigenvalue weighted by Gasteiger charge is -2.22. The highest BCUT2D eigenvalue weighted by atomic mass is 35.5. The smallest absolute Gasteiger partial charge is 0.221 e. The number of hydrogen-bond donors (Lipinski definition) is 3. The second kappa shape index (κ2) is 8.61. The van der Waals surface area contributed by atoms with Gasteiger partial charge in [0.15, 0.2) is 5.96 Å². The molecule has 0 heterocycles. The van der Waals surface area contributed by atoms with E-state index in [1.54, 1.807) is 4.90 Å². The molecule has 19 heavy (non-hydrogen) atoms. The number of nitrogens with one attached hydrogen (secondary N) is 1. The van der Waals surface area contributed by atoms with E-state index in [1.165, 1.54) is 0 Å². The van der Waals surface area contributed by atoms with E-state index in [0.29, 0.717) is 18.1 Å². The molecule has 0 aliphatic heterocycles. The van der Waals surface area contributed by atoms with Gasteiger partial charge in [0.1, 0.15) is 0 Å². The average molecular weight is 304 g/mol. The van der Waals surface area contributed by atoms with Crippen LogP contribution in [0.3, 0.4) is 0 Å². The van der Waals surface area contributed by atoms with Crippen LogP contribution >= 0.6 is 24.0 Å². The van der Waals surface area contributed by atoms with Crippen molar-refractivity contribution in [2.75, 3.05) is 6.54 Å². The summed E-state index contributed by atoms with van der Waals surface area (Å²) >= 11 is 6.10. The zero-order valence-electron chi connectivity index (χ0n) is 10.8. The van der Waals surface area contributed by atoms with E-state index in [-0.39, 0.29) is 24.3 Å². The van der Waals surface area contributed by atoms with Gasteiger partial charge < -0.3 is 16.4 Å². The summed E-state index contributed by atoms with van der Waals surface area (Å²) < 4.78 is 0. The van der Waals surface area contributed by atoms with E-state index in [2.05, 4.69) is 4.99 Å². The van der Waals surface area contributed by atoms with Crippen molar-refractivity contribution < 1.29 is 0 Å². The number of aliphatic imine (C=N–C) groups is 1. The van der Waals surface area contributed by atoms with Crippen LogP contribution in [0.4, 0.5) is 0 Å². The summed E-state index contributed by atoms with van der Waals surface area (Å²) in [7, 11) is 0. The molecule has 106 valence electrons. The molecule has 7 heteroatoms. The maximum atomic E-state index is 7.83. The van der Waals surface area contributed by atoms with Crippen LogP contribution in [-0.2, 0) is 6.54 Å². The zero-order chi connectivity index (χ0) is 13.5. The van der Waals surface area contributed by atoms with Crippen LogP contribution in [0.2, 0.25) is 5.02 Å². The van der Waals surface area contributed by atoms with Gasteiger partial charge in [-0.3, -0.25) is 5.41 Å². The summed E-state index contributed by atoms with van der Waals surface area (Å²) in [6.07, 6.45) is 0.896. The van der Waals surface area contributed by atoms with E-state index >= 15 is 0 Å². The quantitative estimate of drug-likeness (QED) is 0.588. The van der Waals surface area contributed by atoms with Crippen LogP contribution in [0.1, 0.15) is 18.9 Å². The van der Waals surface area contributed by atoms with Crippen LogP contribution in [0.25, 0.3) is 0 Å². The molecule has 0 aliphatic carbocycles. The molecule has 0 unspecified atom stereocenters. The molecule has 5 nitrogen and oxygen atoms in total. The minimum Gasteiger partial charge on any atom is -0.370 e. The molecule has 0 fully saturated rings. The second-order valence-electron chi connectivity index (χ2n) is 3.87. The molecule has 0 spiro atoms. The second-order valence-corrected chi connectivity index (χ2v) is 4.28. The number of guanidine groups is 2. The summed E-state index contributed by atoms with van der Waals surface area (Å²) in [5.74, 6) is -0.0583. The van der Waals surface area contributed by atoms with Gasteiger partial charge >= 0.3 is 0 Å². The fourth-order valence-corrected chi connectivity index (χ4v) is 1.75. The number of nitrogens with two attached hydrogens (primary N) is 2. The fraction of sp³-hybridized carbons (Fsp3) is 0.333. The van der Waals surface area contributed by atoms with Gasteiger partial charge in [-0.25, -0.2) is 0 Å². The third-order valence-electron chi connectivity index (χ3n) is 2.35. The van der Waals surface area contributed by atoms with Crippen LogP contribution in [0.15, 0.2) is 29.3 Å². The fourth-order valence-electron chi connectivity index (χ4n) is 1.56. The highest BCUT2D eigenvalue weighted by Gasteiger charge is 2.10. The average Bonchev–Trinajstić information content (AvgIpc) is 2.30. The van der Waals surface area contributed by atoms with E-state index in [0.717, 1.165) is 12.0 Å². The van der Waals surface area contributed by atoms with Gasteiger partial charge in [0.05, 0.1) is 0 Å². The zero-order valence-corrected chi connectivity index (χ0v) is 12.3. The third kappa shape index (κ3) is 5.81. The van der Waals surface area contributed by atoms with E-state index < -0.39 is 0 Å². The lowest BCUT2D eigenvalue weighted by atomic mass is 10.2. The monoisotopic (exact) mass is 303 g/mol. The van der Waals surface area contributed by atoms with Crippen molar-refractivity contribution in [1.82, 2.24) is 4.90 Å². The van der Waals surface area contributed by atoms with Crippen molar-refractivity contribution in [2.45, 2.75) is 19.9 Å². The molecular weight excluding hydrogens is 285 g/mol. The Morgan fingerprint density at radius 1 is 1.37 bits per heavy atom. The SMILES string of the molecule is CCCN(Cc1ccccc1Cl)C(=N)N=C(N)N.Cl. The van der Waals surface area contributed by atoms with Crippen LogP contribution < -0.4 is 11.5 Å². The van der Waals surface area contributed by atoms with Gasteiger partial charge in [-0.15, -0.1) is 12.4 Å². The standard InChI is InChI=1S/C12H18ClN5.ClH/c1-2-7-18(12(16)17-11(14)15)8-9-5-3-4-6-10(9)13;/h3-6H,2,7-8H2,1H3,(H5,14,15,16,17);1H. The van der Waals surface area contributed by atoms with Gasteiger partial charge in [-0.2, -0.15) is 4.99 Å². The molecule has 1 rings (SSSR count). The molecule has 0 radical (unpaired) electrons. The Balaban J connectivity index is 0.00000324. The summed E-state index contributed by atoms with van der Waals surface area (Å²) in [5, 5.41) is 8.51. The van der Waals surface area contributed by atoms with Gasteiger partial charge in [-0.1, -0.05) is 36.7 Å². The first-order chi connectivity index (χ1) is 8.54. The number of benzene rings is 1. The molecular formula is C12H19Cl2N5. The Bertz CT molecular complexity index is 444. The summed E-state index contributed by atoms with van der Waals surface area (Å²) in [4.78, 5) is 5.54. The highest BCUT2D eigenvalue weighted by Crippen LogP contribution is 2.17. The minimum atomic E-state index is -0.111. The van der Waals surface area contributed by atoms with Crippen molar-refractivity contribution >= 4 is 35.9 Å². The van der Waals surface area contributed by atoms with Gasteiger partial charge in [0.25, 0.3) is 0 Å². The van der Waals surface area contributed by atoms with Crippen LogP contribution in [0.5, 0.6) is 0 Å². The molecule has 0 saturated heterocycles. The summed E-state index contributed by atoms with van der Waals surface area (Å²) in [5.41, 5.74) is 11.5. The Kier molecular flexibility index (Phi) is 7.95. The van der Waals surface area contributed by atoms with E-state index in [4.69, 9.17) is 28.5 Å². The molecule has 0 aliphatic rings. The van der Waals surface area contributed by atoms with Crippen molar-refractivity contribution in [3.8, 4) is 0 Å². The Morgan fingerprint density at radius 3 is 2.53 bits per heavy atom. The van der Waals surface area contributed by atoms with Gasteiger partial charge in [0.2, 0.25) is 5.96 Å². The first kappa shape index (κ1) is 17.5. The summed E-state index contributed by atoms with van der Waals surface area (Å²) in [6, 6.07) is 7.53. The normalized spacial score (nSPS) is 9.37. The minimum absolute atomic E-state index is 0. The largest absolute Gasteiger partial charge is 0.370 e. The van der Waals surface area contributed by atoms with Crippen molar-refractivity contribution in [3.63, 3.8) is 0 Å². The molecule has 0 aromatic heterocycles. The van der Waals surface area contributed by atoms with Crippen LogP contribution in [-0.4, -0.2) is 23.4 Å². The maximum absolute atomic E-state index is 7.83. The van der Waals surface area contributed by atoms with E-state index in [9.17, 15) is 0 Å². The molecule has 1 aromatic carbocycles. The third-order valence-corrected chi connectivity index (χ3v) is 2.72. The first-order valence-corrected chi connectivity index (χ1v) is 6.09. The molecule has 0 amide bonds. The highest BCUT2D eigenvalue weighted by molar-refractivity contribution is 6.31. The Hall–Kier alpha value is -1.46. The Morgan fingerprint density at radius 2 is 2.00 bits per heavy atom. The molecule has 0 atom stereocenters. The van der Waals surface area contributed by atoms with Crippen molar-refractivity contribution in [1.29, 1.82) is 5.41 Å². The summed E-state index contributed by atoms with van der Waals surface area (Å²) in [6.45, 7) is 3.24.